The van der Waals surface area contributed by atoms with Crippen LogP contribution in [0, 0.1) is 27.7 Å². The van der Waals surface area contributed by atoms with Crippen molar-refractivity contribution in [2.75, 3.05) is 100 Å². The third-order valence-corrected chi connectivity index (χ3v) is 23.3. The molecule has 0 spiro atoms. The lowest BCUT2D eigenvalue weighted by Crippen LogP contribution is -2.47. The summed E-state index contributed by atoms with van der Waals surface area (Å²) in [6.07, 6.45) is 10.6. The molecule has 7 aliphatic heterocycles. The lowest BCUT2D eigenvalue weighted by Gasteiger charge is -2.33. The Bertz CT molecular complexity index is 4720. The maximum absolute atomic E-state index is 12.8. The predicted octanol–water partition coefficient (Wildman–Crippen LogP) is 12.7. The molecule has 24 heteroatoms. The number of aromatic nitrogens is 4. The van der Waals surface area contributed by atoms with E-state index in [1.54, 1.807) is 9.80 Å². The topological polar surface area (TPSA) is 252 Å². The van der Waals surface area contributed by atoms with Gasteiger partial charge in [-0.15, -0.1) is 0 Å². The summed E-state index contributed by atoms with van der Waals surface area (Å²) in [5.74, 6) is -0.576. The van der Waals surface area contributed by atoms with E-state index in [1.165, 1.54) is 111 Å². The van der Waals surface area contributed by atoms with Gasteiger partial charge in [0.05, 0.1) is 19.4 Å². The Morgan fingerprint density at radius 2 is 0.748 bits per heavy atom. The minimum atomic E-state index is -0.736. The van der Waals surface area contributed by atoms with Crippen molar-refractivity contribution in [1.82, 2.24) is 63.6 Å². The number of carboxylic acids is 1. The molecule has 24 nitrogen and oxygen atoms in total. The molecule has 7 aliphatic rings. The van der Waals surface area contributed by atoms with Gasteiger partial charge in [-0.1, -0.05) is 46.5 Å². The monoisotopic (exact) mass is 1580 g/mol. The molecule has 4 aromatic carbocycles. The van der Waals surface area contributed by atoms with Gasteiger partial charge in [0.25, 0.3) is 0 Å². The van der Waals surface area contributed by atoms with Crippen molar-refractivity contribution in [2.45, 2.75) is 248 Å². The Morgan fingerprint density at radius 3 is 1.06 bits per heavy atom. The molecule has 115 heavy (non-hydrogen) atoms. The SMILES string of the molecule is CC(C)(C)OC(=O)N1CCC(N)CC1.CCOC(=O)CCn1c2c(c3cc(C)ccc31)CN(C)CC2.Cc1ccc2c(c1)c1c(n2CCC(=O)NC2CCN(C(=O)OC(C)(C)C)CC2)CCN(C)C1.Cc1ccc2c(c1)c1c(n2CCC(=O)NC2CCNCC2)CCN(C)C1.Cc1ccc2c(c1)c1c(n2CCC(=O)O)CCN(C)C1. The number of esters is 1. The number of carbonyl (C=O) groups excluding carboxylic acids is 5. The number of nitrogens with one attached hydrogen (secondary N) is 3. The normalized spacial score (nSPS) is 17.3. The molecule has 4 aromatic heterocycles. The Balaban J connectivity index is 0.000000145. The van der Waals surface area contributed by atoms with Gasteiger partial charge in [0.15, 0.2) is 0 Å². The molecule has 0 radical (unpaired) electrons. The van der Waals surface area contributed by atoms with E-state index in [9.17, 15) is 28.8 Å². The van der Waals surface area contributed by atoms with E-state index < -0.39 is 17.2 Å². The van der Waals surface area contributed by atoms with E-state index in [4.69, 9.17) is 25.1 Å². The summed E-state index contributed by atoms with van der Waals surface area (Å²) in [6.45, 7) is 37.7. The average Bonchev–Trinajstić information content (AvgIpc) is 1.63. The fourth-order valence-corrected chi connectivity index (χ4v) is 17.4. The Hall–Kier alpha value is -8.78. The summed E-state index contributed by atoms with van der Waals surface area (Å²) in [5.41, 5.74) is 26.1. The average molecular weight is 1580 g/mol. The van der Waals surface area contributed by atoms with Crippen LogP contribution in [-0.4, -0.2) is 218 Å². The zero-order valence-electron chi connectivity index (χ0n) is 71.7. The van der Waals surface area contributed by atoms with Gasteiger partial charge in [0, 0.05) is 228 Å². The van der Waals surface area contributed by atoms with Crippen molar-refractivity contribution in [3.8, 4) is 0 Å². The van der Waals surface area contributed by atoms with Crippen LogP contribution in [0.3, 0.4) is 0 Å². The third kappa shape index (κ3) is 23.1. The van der Waals surface area contributed by atoms with E-state index in [2.05, 4.69) is 183 Å². The first-order valence-corrected chi connectivity index (χ1v) is 42.3. The molecule has 8 aromatic rings. The summed E-state index contributed by atoms with van der Waals surface area (Å²) >= 11 is 0. The molecule has 0 unspecified atom stereocenters. The number of aliphatic carboxylic acids is 1. The van der Waals surface area contributed by atoms with Gasteiger partial charge in [-0.25, -0.2) is 9.59 Å². The Kier molecular flexibility index (Phi) is 29.5. The van der Waals surface area contributed by atoms with Gasteiger partial charge in [-0.05, 0) is 227 Å². The van der Waals surface area contributed by atoms with E-state index in [0.717, 1.165) is 149 Å². The lowest BCUT2D eigenvalue weighted by atomic mass is 10.0. The molecule has 15 rings (SSSR count). The number of piperidine rings is 3. The highest BCUT2D eigenvalue weighted by Gasteiger charge is 2.32. The first kappa shape index (κ1) is 87.1. The molecule has 0 atom stereocenters. The van der Waals surface area contributed by atoms with Crippen LogP contribution in [-0.2, 0) is 111 Å². The number of likely N-dealkylation sites (N-methyl/N-ethyl adjacent to an activating group) is 4. The van der Waals surface area contributed by atoms with Gasteiger partial charge in [0.1, 0.15) is 11.2 Å². The minimum absolute atomic E-state index is 0.0846. The second kappa shape index (κ2) is 39.0. The van der Waals surface area contributed by atoms with Crippen LogP contribution >= 0.6 is 0 Å². The fourth-order valence-electron chi connectivity index (χ4n) is 17.4. The van der Waals surface area contributed by atoms with Gasteiger partial charge in [-0.2, -0.15) is 0 Å². The molecule has 3 fully saturated rings. The number of nitrogens with zero attached hydrogens (tertiary/aromatic N) is 10. The quantitative estimate of drug-likeness (QED) is 0.0473. The fraction of sp³-hybridized carbons (Fsp3) is 0.582. The lowest BCUT2D eigenvalue weighted by molar-refractivity contribution is -0.143. The number of aryl methyl sites for hydroxylation is 8. The van der Waals surface area contributed by atoms with E-state index in [1.807, 2.05) is 48.5 Å². The van der Waals surface area contributed by atoms with Gasteiger partial charge in [-0.3, -0.25) is 19.2 Å². The molecule has 4 amide bonds. The number of hydrogen-bond acceptors (Lipinski definition) is 15. The maximum Gasteiger partial charge on any atom is 0.410 e. The number of nitrogens with two attached hydrogens (primary N) is 1. The van der Waals surface area contributed by atoms with Gasteiger partial charge in [0.2, 0.25) is 11.8 Å². The van der Waals surface area contributed by atoms with Crippen LogP contribution in [0.4, 0.5) is 9.59 Å². The van der Waals surface area contributed by atoms with Crippen LogP contribution < -0.4 is 21.7 Å². The van der Waals surface area contributed by atoms with Crippen LogP contribution in [0.5, 0.6) is 0 Å². The van der Waals surface area contributed by atoms with Crippen LogP contribution in [0.2, 0.25) is 0 Å². The highest BCUT2D eigenvalue weighted by atomic mass is 16.6. The van der Waals surface area contributed by atoms with E-state index in [-0.39, 0.29) is 48.5 Å². The van der Waals surface area contributed by atoms with Crippen molar-refractivity contribution >= 4 is 79.6 Å². The first-order chi connectivity index (χ1) is 54.8. The van der Waals surface area contributed by atoms with Crippen LogP contribution in [0.25, 0.3) is 43.6 Å². The van der Waals surface area contributed by atoms with Crippen molar-refractivity contribution < 1.29 is 48.1 Å². The van der Waals surface area contributed by atoms with Gasteiger partial charge < -0.3 is 88.7 Å². The smallest absolute Gasteiger partial charge is 0.410 e. The van der Waals surface area contributed by atoms with Gasteiger partial charge >= 0.3 is 24.1 Å². The number of likely N-dealkylation sites (tertiary alicyclic amines) is 2. The number of carbonyl (C=O) groups is 6. The number of rotatable bonds is 15. The van der Waals surface area contributed by atoms with Crippen molar-refractivity contribution in [3.05, 3.63) is 140 Å². The molecular formula is C91H132N14O10. The molecule has 3 saturated heterocycles. The number of amides is 4. The zero-order valence-corrected chi connectivity index (χ0v) is 71.7. The van der Waals surface area contributed by atoms with E-state index >= 15 is 0 Å². The summed E-state index contributed by atoms with van der Waals surface area (Å²) in [7, 11) is 8.66. The largest absolute Gasteiger partial charge is 0.481 e. The molecular weight excluding hydrogens is 1450 g/mol. The second-order valence-corrected chi connectivity index (χ2v) is 35.2. The second-order valence-electron chi connectivity index (χ2n) is 35.2. The Morgan fingerprint density at radius 1 is 0.443 bits per heavy atom. The molecule has 11 heterocycles. The molecule has 0 saturated carbocycles. The molecule has 0 aliphatic carbocycles. The van der Waals surface area contributed by atoms with Crippen molar-refractivity contribution in [2.24, 2.45) is 5.73 Å². The molecule has 6 N–H and O–H groups in total. The first-order valence-electron chi connectivity index (χ1n) is 42.3. The number of carboxylic acid groups (broad SMARTS) is 1. The summed E-state index contributed by atoms with van der Waals surface area (Å²) in [5, 5.41) is 24.0. The maximum atomic E-state index is 12.8. The highest BCUT2D eigenvalue weighted by Crippen LogP contribution is 2.37. The van der Waals surface area contributed by atoms with Crippen molar-refractivity contribution in [1.29, 1.82) is 0 Å². The minimum Gasteiger partial charge on any atom is -0.481 e. The van der Waals surface area contributed by atoms with Crippen LogP contribution in [0.15, 0.2) is 72.8 Å². The van der Waals surface area contributed by atoms with E-state index in [0.29, 0.717) is 64.6 Å². The number of fused-ring (bicyclic) bond motifs is 12. The summed E-state index contributed by atoms with van der Waals surface area (Å²) in [6, 6.07) is 27.1. The Labute approximate surface area is 681 Å². The summed E-state index contributed by atoms with van der Waals surface area (Å²) in [4.78, 5) is 84.6. The summed E-state index contributed by atoms with van der Waals surface area (Å²) < 4.78 is 25.1. The molecule has 0 bridgehead atoms. The number of benzene rings is 4. The highest BCUT2D eigenvalue weighted by molar-refractivity contribution is 5.90. The standard InChI is InChI=1S/C26H38N4O3.C21H30N4O.C18H24N2O2.C16H20N2O2.C10H20N2O2/c1-18-6-7-22-20(16-18)21-17-28(5)12-10-23(21)30(22)15-11-24(31)27-19-8-13-29(14-9-19)25(32)33-26(2,3)4;1-15-3-4-19-17(13-15)18-14-24(2)11-7-20(18)25(19)12-8-21(26)23-16-5-9-22-10-6-16;1-4-22-18(21)8-10-20-16-6-5-13(2)11-14(16)15-12-19(3)9-7-17(15)20;1-11-3-4-14-12(9-11)13-10-17(2)7-5-15(13)18(14)8-6-16(19)20;1-10(2,3)14-9(13)12-6-4-8(11)5-7-12/h6-7,16,19H,8-15,17H2,1-5H3,(H,27,31);3-4,13,16,22H,5-12,14H2,1-2H3,(H,23,26);5-6,11H,4,7-10,12H2,1-3H3;3-4,9H,5-8,10H2,1-2H3,(H,19,20);8H,4-7,11H2,1-3H3. The van der Waals surface area contributed by atoms with Crippen LogP contribution in [0.1, 0.15) is 180 Å². The predicted molar refractivity (Wildman–Crippen MR) is 458 cm³/mol. The number of hydrogen-bond donors (Lipinski definition) is 5. The molecule has 626 valence electrons. The van der Waals surface area contributed by atoms with Crippen molar-refractivity contribution in [3.63, 3.8) is 0 Å². The third-order valence-electron chi connectivity index (χ3n) is 23.3. The number of ether oxygens (including phenoxy) is 3. The zero-order chi connectivity index (χ0) is 82.6.